The second-order valence-electron chi connectivity index (χ2n) is 4.45. The highest BCUT2D eigenvalue weighted by Crippen LogP contribution is 2.31. The number of aliphatic hydroxyl groups is 1. The van der Waals surface area contributed by atoms with Gasteiger partial charge in [0.05, 0.1) is 12.1 Å². The van der Waals surface area contributed by atoms with Crippen LogP contribution in [0.1, 0.15) is 31.4 Å². The van der Waals surface area contributed by atoms with Crippen LogP contribution in [-0.2, 0) is 0 Å². The zero-order chi connectivity index (χ0) is 11.5. The van der Waals surface area contributed by atoms with Gasteiger partial charge in [0.1, 0.15) is 0 Å². The van der Waals surface area contributed by atoms with E-state index in [-0.39, 0.29) is 12.1 Å². The second-order valence-corrected chi connectivity index (χ2v) is 4.45. The standard InChI is InChI=1S/C13H20N2O/c1-2-15-9-3-4-12(16)13(15)10-5-7-11(14)8-6-10/h5-8,12-13,16H,2-4,9,14H2,1H3. The molecule has 1 heterocycles. The predicted molar refractivity (Wildman–Crippen MR) is 66.1 cm³/mol. The lowest BCUT2D eigenvalue weighted by atomic mass is 9.92. The van der Waals surface area contributed by atoms with Crippen molar-refractivity contribution in [3.05, 3.63) is 29.8 Å². The number of hydrogen-bond acceptors (Lipinski definition) is 3. The van der Waals surface area contributed by atoms with E-state index >= 15 is 0 Å². The van der Waals surface area contributed by atoms with Crippen molar-refractivity contribution in [1.82, 2.24) is 4.90 Å². The minimum Gasteiger partial charge on any atom is -0.399 e. The Hall–Kier alpha value is -1.06. The molecule has 16 heavy (non-hydrogen) atoms. The van der Waals surface area contributed by atoms with Gasteiger partial charge in [0, 0.05) is 5.69 Å². The monoisotopic (exact) mass is 220 g/mol. The minimum atomic E-state index is -0.252. The highest BCUT2D eigenvalue weighted by atomic mass is 16.3. The molecule has 2 unspecified atom stereocenters. The lowest BCUT2D eigenvalue weighted by Crippen LogP contribution is -2.41. The van der Waals surface area contributed by atoms with Gasteiger partial charge in [-0.15, -0.1) is 0 Å². The zero-order valence-electron chi connectivity index (χ0n) is 9.76. The molecule has 0 bridgehead atoms. The average Bonchev–Trinajstić information content (AvgIpc) is 2.30. The lowest BCUT2D eigenvalue weighted by molar-refractivity contribution is 0.0126. The maximum Gasteiger partial charge on any atom is 0.0737 e. The molecule has 0 aliphatic carbocycles. The first-order chi connectivity index (χ1) is 7.72. The van der Waals surface area contributed by atoms with Gasteiger partial charge in [-0.05, 0) is 43.6 Å². The number of nitrogens with two attached hydrogens (primary N) is 1. The van der Waals surface area contributed by atoms with Crippen LogP contribution in [0.5, 0.6) is 0 Å². The molecule has 1 aliphatic rings. The van der Waals surface area contributed by atoms with Crippen molar-refractivity contribution in [2.24, 2.45) is 0 Å². The fraction of sp³-hybridized carbons (Fsp3) is 0.538. The molecule has 0 aromatic heterocycles. The lowest BCUT2D eigenvalue weighted by Gasteiger charge is -2.38. The molecule has 0 amide bonds. The van der Waals surface area contributed by atoms with E-state index in [1.807, 2.05) is 24.3 Å². The Morgan fingerprint density at radius 3 is 2.69 bits per heavy atom. The third-order valence-corrected chi connectivity index (χ3v) is 3.39. The summed E-state index contributed by atoms with van der Waals surface area (Å²) in [6, 6.07) is 8.00. The van der Waals surface area contributed by atoms with Crippen LogP contribution in [-0.4, -0.2) is 29.2 Å². The summed E-state index contributed by atoms with van der Waals surface area (Å²) < 4.78 is 0. The smallest absolute Gasteiger partial charge is 0.0737 e. The summed E-state index contributed by atoms with van der Waals surface area (Å²) in [6.45, 7) is 4.19. The van der Waals surface area contributed by atoms with Crippen molar-refractivity contribution in [3.63, 3.8) is 0 Å². The van der Waals surface area contributed by atoms with E-state index in [1.165, 1.54) is 5.56 Å². The summed E-state index contributed by atoms with van der Waals surface area (Å²) in [4.78, 5) is 2.33. The largest absolute Gasteiger partial charge is 0.399 e. The molecule has 3 N–H and O–H groups in total. The van der Waals surface area contributed by atoms with E-state index in [4.69, 9.17) is 5.73 Å². The number of likely N-dealkylation sites (N-methyl/N-ethyl adjacent to an activating group) is 1. The van der Waals surface area contributed by atoms with Gasteiger partial charge in [0.2, 0.25) is 0 Å². The molecular weight excluding hydrogens is 200 g/mol. The molecule has 1 fully saturated rings. The van der Waals surface area contributed by atoms with Crippen molar-refractivity contribution in [2.45, 2.75) is 31.9 Å². The van der Waals surface area contributed by atoms with Crippen molar-refractivity contribution in [3.8, 4) is 0 Å². The zero-order valence-corrected chi connectivity index (χ0v) is 9.76. The Morgan fingerprint density at radius 2 is 2.06 bits per heavy atom. The highest BCUT2D eigenvalue weighted by molar-refractivity contribution is 5.40. The third kappa shape index (κ3) is 2.20. The molecule has 1 aromatic carbocycles. The number of nitrogen functional groups attached to an aromatic ring is 1. The number of nitrogens with zero attached hydrogens (tertiary/aromatic N) is 1. The van der Waals surface area contributed by atoms with Crippen LogP contribution in [0.4, 0.5) is 5.69 Å². The molecule has 3 nitrogen and oxygen atoms in total. The summed E-state index contributed by atoms with van der Waals surface area (Å²) in [7, 11) is 0. The van der Waals surface area contributed by atoms with Crippen molar-refractivity contribution >= 4 is 5.69 Å². The van der Waals surface area contributed by atoms with Crippen molar-refractivity contribution in [1.29, 1.82) is 0 Å². The summed E-state index contributed by atoms with van der Waals surface area (Å²) in [5.41, 5.74) is 7.63. The van der Waals surface area contributed by atoms with Crippen LogP contribution in [0.2, 0.25) is 0 Å². The van der Waals surface area contributed by atoms with Gasteiger partial charge in [0.15, 0.2) is 0 Å². The first kappa shape index (κ1) is 11.4. The predicted octanol–water partition coefficient (Wildman–Crippen LogP) is 1.79. The Kier molecular flexibility index (Phi) is 3.46. The average molecular weight is 220 g/mol. The van der Waals surface area contributed by atoms with Gasteiger partial charge in [-0.25, -0.2) is 0 Å². The van der Waals surface area contributed by atoms with Crippen LogP contribution in [0.25, 0.3) is 0 Å². The Balaban J connectivity index is 2.24. The molecule has 2 atom stereocenters. The number of piperidine rings is 1. The van der Waals surface area contributed by atoms with Crippen molar-refractivity contribution < 1.29 is 5.11 Å². The van der Waals surface area contributed by atoms with Crippen LogP contribution in [0.3, 0.4) is 0 Å². The van der Waals surface area contributed by atoms with Gasteiger partial charge < -0.3 is 10.8 Å². The number of rotatable bonds is 2. The second kappa shape index (κ2) is 4.85. The van der Waals surface area contributed by atoms with Crippen LogP contribution >= 0.6 is 0 Å². The molecule has 0 spiro atoms. The van der Waals surface area contributed by atoms with Crippen LogP contribution in [0, 0.1) is 0 Å². The number of aliphatic hydroxyl groups excluding tert-OH is 1. The van der Waals surface area contributed by atoms with Gasteiger partial charge in [0.25, 0.3) is 0 Å². The van der Waals surface area contributed by atoms with E-state index in [0.29, 0.717) is 0 Å². The minimum absolute atomic E-state index is 0.138. The third-order valence-electron chi connectivity index (χ3n) is 3.39. The van der Waals surface area contributed by atoms with E-state index in [9.17, 15) is 5.11 Å². The van der Waals surface area contributed by atoms with Crippen LogP contribution < -0.4 is 5.73 Å². The number of anilines is 1. The SMILES string of the molecule is CCN1CCCC(O)C1c1ccc(N)cc1. The molecule has 1 saturated heterocycles. The molecule has 3 heteroatoms. The van der Waals surface area contributed by atoms with Crippen molar-refractivity contribution in [2.75, 3.05) is 18.8 Å². The molecular formula is C13H20N2O. The summed E-state index contributed by atoms with van der Waals surface area (Å²) in [5, 5.41) is 10.1. The Labute approximate surface area is 96.9 Å². The first-order valence-corrected chi connectivity index (χ1v) is 6.00. The number of benzene rings is 1. The van der Waals surface area contributed by atoms with Gasteiger partial charge in [-0.2, -0.15) is 0 Å². The summed E-state index contributed by atoms with van der Waals surface area (Å²) in [5.74, 6) is 0. The Bertz CT molecular complexity index is 336. The number of likely N-dealkylation sites (tertiary alicyclic amines) is 1. The van der Waals surface area contributed by atoms with E-state index in [0.717, 1.165) is 31.6 Å². The molecule has 88 valence electrons. The summed E-state index contributed by atoms with van der Waals surface area (Å²) >= 11 is 0. The van der Waals surface area contributed by atoms with Crippen LogP contribution in [0.15, 0.2) is 24.3 Å². The maximum absolute atomic E-state index is 10.1. The fourth-order valence-corrected chi connectivity index (χ4v) is 2.52. The topological polar surface area (TPSA) is 49.5 Å². The van der Waals surface area contributed by atoms with E-state index in [2.05, 4.69) is 11.8 Å². The van der Waals surface area contributed by atoms with E-state index in [1.54, 1.807) is 0 Å². The normalized spacial score (nSPS) is 26.9. The van der Waals surface area contributed by atoms with E-state index < -0.39 is 0 Å². The van der Waals surface area contributed by atoms with Gasteiger partial charge in [-0.3, -0.25) is 4.90 Å². The number of hydrogen-bond donors (Lipinski definition) is 2. The quantitative estimate of drug-likeness (QED) is 0.747. The molecule has 0 radical (unpaired) electrons. The fourth-order valence-electron chi connectivity index (χ4n) is 2.52. The molecule has 1 aromatic rings. The Morgan fingerprint density at radius 1 is 1.38 bits per heavy atom. The molecule has 2 rings (SSSR count). The summed E-state index contributed by atoms with van der Waals surface area (Å²) in [6.07, 6.45) is 1.73. The van der Waals surface area contributed by atoms with Gasteiger partial charge >= 0.3 is 0 Å². The van der Waals surface area contributed by atoms with Gasteiger partial charge in [-0.1, -0.05) is 19.1 Å². The molecule has 0 saturated carbocycles. The highest BCUT2D eigenvalue weighted by Gasteiger charge is 2.30. The molecule has 1 aliphatic heterocycles. The first-order valence-electron chi connectivity index (χ1n) is 6.00. The maximum atomic E-state index is 10.1.